The second-order valence-corrected chi connectivity index (χ2v) is 7.16. The fourth-order valence-electron chi connectivity index (χ4n) is 3.49. The van der Waals surface area contributed by atoms with E-state index in [-0.39, 0.29) is 11.1 Å². The van der Waals surface area contributed by atoms with Gasteiger partial charge in [-0.15, -0.1) is 0 Å². The molecule has 1 N–H and O–H groups in total. The predicted octanol–water partition coefficient (Wildman–Crippen LogP) is 2.10. The van der Waals surface area contributed by atoms with E-state index in [9.17, 15) is 9.59 Å². The molecule has 1 amide bonds. The molecule has 6 nitrogen and oxygen atoms in total. The van der Waals surface area contributed by atoms with Crippen molar-refractivity contribution < 1.29 is 4.79 Å². The van der Waals surface area contributed by atoms with Gasteiger partial charge in [-0.25, -0.2) is 4.98 Å². The number of nitrogens with one attached hydrogen (secondary N) is 1. The van der Waals surface area contributed by atoms with Crippen molar-refractivity contribution in [2.75, 3.05) is 27.2 Å². The molecule has 3 aromatic rings. The van der Waals surface area contributed by atoms with Crippen LogP contribution in [0.4, 0.5) is 0 Å². The molecule has 1 aliphatic rings. The van der Waals surface area contributed by atoms with Crippen LogP contribution in [0.5, 0.6) is 0 Å². The maximum absolute atomic E-state index is 13.3. The van der Waals surface area contributed by atoms with E-state index in [0.717, 1.165) is 22.4 Å². The Balaban J connectivity index is 1.86. The molecule has 2 aromatic carbocycles. The lowest BCUT2D eigenvalue weighted by Gasteiger charge is -2.14. The summed E-state index contributed by atoms with van der Waals surface area (Å²) in [5.41, 5.74) is 3.52. The molecule has 6 heteroatoms. The van der Waals surface area contributed by atoms with E-state index in [1.54, 1.807) is 4.57 Å². The number of likely N-dealkylation sites (N-methyl/N-ethyl adjacent to an activating group) is 1. The summed E-state index contributed by atoms with van der Waals surface area (Å²) in [5.74, 6) is 0.167. The minimum absolute atomic E-state index is 0.0525. The Morgan fingerprint density at radius 2 is 1.82 bits per heavy atom. The lowest BCUT2D eigenvalue weighted by atomic mass is 10.0. The van der Waals surface area contributed by atoms with Crippen LogP contribution >= 0.6 is 0 Å². The van der Waals surface area contributed by atoms with Crippen LogP contribution in [-0.4, -0.2) is 47.5 Å². The zero-order chi connectivity index (χ0) is 19.7. The van der Waals surface area contributed by atoms with Gasteiger partial charge >= 0.3 is 0 Å². The molecule has 0 fully saturated rings. The van der Waals surface area contributed by atoms with Gasteiger partial charge in [0.1, 0.15) is 11.4 Å². The van der Waals surface area contributed by atoms with Gasteiger partial charge in [-0.05, 0) is 31.3 Å². The Hall–Kier alpha value is -3.25. The first-order valence-corrected chi connectivity index (χ1v) is 9.28. The topological polar surface area (TPSA) is 67.2 Å². The van der Waals surface area contributed by atoms with E-state index in [2.05, 4.69) is 16.4 Å². The number of fused-ring (bicyclic) bond motifs is 5. The number of carbonyl (C=O) groups is 1. The maximum Gasteiger partial charge on any atom is 0.271 e. The van der Waals surface area contributed by atoms with Crippen molar-refractivity contribution in [2.24, 2.45) is 0 Å². The summed E-state index contributed by atoms with van der Waals surface area (Å²) < 4.78 is 1.57. The van der Waals surface area contributed by atoms with Crippen LogP contribution in [0.2, 0.25) is 0 Å². The molecule has 0 aliphatic carbocycles. The van der Waals surface area contributed by atoms with E-state index >= 15 is 0 Å². The van der Waals surface area contributed by atoms with Crippen molar-refractivity contribution in [1.29, 1.82) is 0 Å². The second kappa shape index (κ2) is 7.40. The minimum Gasteiger partial charge on any atom is -0.351 e. The van der Waals surface area contributed by atoms with Crippen molar-refractivity contribution in [3.8, 4) is 17.1 Å². The minimum atomic E-state index is -0.398. The summed E-state index contributed by atoms with van der Waals surface area (Å²) in [5, 5.41) is 2.80. The third-order valence-corrected chi connectivity index (χ3v) is 4.92. The SMILES string of the molecule is CN(C)CCNC(=O)c1cnc2n(c1=O)-c1ccccc1Cc1ccccc1-2. The number of benzene rings is 2. The quantitative estimate of drug-likeness (QED) is 0.594. The standard InChI is InChI=1S/C22H22N4O2/c1-25(2)12-11-23-21(27)18-14-24-20-17-9-5-3-7-15(17)13-16-8-4-6-10-19(16)26(20)22(18)28/h3-10,14H,11-13H2,1-2H3,(H,23,27). The number of rotatable bonds is 4. The predicted molar refractivity (Wildman–Crippen MR) is 109 cm³/mol. The van der Waals surface area contributed by atoms with E-state index in [4.69, 9.17) is 0 Å². The number of para-hydroxylation sites is 1. The summed E-state index contributed by atoms with van der Waals surface area (Å²) in [7, 11) is 3.86. The molecule has 28 heavy (non-hydrogen) atoms. The number of nitrogens with zero attached hydrogens (tertiary/aromatic N) is 3. The van der Waals surface area contributed by atoms with Gasteiger partial charge in [-0.2, -0.15) is 0 Å². The normalized spacial score (nSPS) is 12.0. The van der Waals surface area contributed by atoms with Gasteiger partial charge in [-0.1, -0.05) is 42.5 Å². The molecule has 0 saturated carbocycles. The van der Waals surface area contributed by atoms with E-state index in [1.165, 1.54) is 6.20 Å². The molecule has 2 heterocycles. The highest BCUT2D eigenvalue weighted by molar-refractivity contribution is 5.93. The third kappa shape index (κ3) is 3.23. The first-order chi connectivity index (χ1) is 13.6. The van der Waals surface area contributed by atoms with Gasteiger partial charge in [-0.3, -0.25) is 14.2 Å². The summed E-state index contributed by atoms with van der Waals surface area (Å²) in [6.45, 7) is 1.16. The maximum atomic E-state index is 13.3. The Morgan fingerprint density at radius 1 is 1.11 bits per heavy atom. The lowest BCUT2D eigenvalue weighted by Crippen LogP contribution is -2.36. The molecular weight excluding hydrogens is 352 g/mol. The number of hydrogen-bond acceptors (Lipinski definition) is 4. The van der Waals surface area contributed by atoms with Crippen molar-refractivity contribution in [3.63, 3.8) is 0 Å². The molecule has 0 unspecified atom stereocenters. The van der Waals surface area contributed by atoms with Crippen LogP contribution in [0.15, 0.2) is 59.5 Å². The molecule has 0 saturated heterocycles. The molecule has 0 radical (unpaired) electrons. The smallest absolute Gasteiger partial charge is 0.271 e. The molecule has 1 aliphatic heterocycles. The third-order valence-electron chi connectivity index (χ3n) is 4.92. The van der Waals surface area contributed by atoms with Crippen LogP contribution in [0, 0.1) is 0 Å². The highest BCUT2D eigenvalue weighted by Gasteiger charge is 2.23. The van der Waals surface area contributed by atoms with Crippen molar-refractivity contribution >= 4 is 5.91 Å². The van der Waals surface area contributed by atoms with Crippen LogP contribution in [0.25, 0.3) is 17.1 Å². The van der Waals surface area contributed by atoms with Crippen LogP contribution in [0.1, 0.15) is 21.5 Å². The second-order valence-electron chi connectivity index (χ2n) is 7.16. The van der Waals surface area contributed by atoms with Gasteiger partial charge in [0.2, 0.25) is 0 Å². The van der Waals surface area contributed by atoms with Gasteiger partial charge < -0.3 is 10.2 Å². The van der Waals surface area contributed by atoms with Gasteiger partial charge in [0.25, 0.3) is 11.5 Å². The van der Waals surface area contributed by atoms with Crippen LogP contribution in [0.3, 0.4) is 0 Å². The highest BCUT2D eigenvalue weighted by atomic mass is 16.2. The van der Waals surface area contributed by atoms with Crippen LogP contribution < -0.4 is 10.9 Å². The summed E-state index contributed by atoms with van der Waals surface area (Å²) in [4.78, 5) is 32.4. The van der Waals surface area contributed by atoms with Gasteiger partial charge in [0.05, 0.1) is 5.69 Å². The van der Waals surface area contributed by atoms with E-state index in [0.29, 0.717) is 25.3 Å². The largest absolute Gasteiger partial charge is 0.351 e. The summed E-state index contributed by atoms with van der Waals surface area (Å²) >= 11 is 0. The van der Waals surface area contributed by atoms with Gasteiger partial charge in [0, 0.05) is 31.3 Å². The number of amides is 1. The molecule has 0 spiro atoms. The molecule has 142 valence electrons. The Morgan fingerprint density at radius 3 is 2.61 bits per heavy atom. The lowest BCUT2D eigenvalue weighted by molar-refractivity contribution is 0.0949. The van der Waals surface area contributed by atoms with E-state index < -0.39 is 5.91 Å². The van der Waals surface area contributed by atoms with Gasteiger partial charge in [0.15, 0.2) is 0 Å². The molecule has 0 bridgehead atoms. The molecule has 4 rings (SSSR count). The van der Waals surface area contributed by atoms with E-state index in [1.807, 2.05) is 61.5 Å². The van der Waals surface area contributed by atoms with Crippen molar-refractivity contribution in [1.82, 2.24) is 19.8 Å². The number of aromatic nitrogens is 2. The monoisotopic (exact) mass is 374 g/mol. The first-order valence-electron chi connectivity index (χ1n) is 9.28. The molecular formula is C22H22N4O2. The number of carbonyl (C=O) groups excluding carboxylic acids is 1. The fourth-order valence-corrected chi connectivity index (χ4v) is 3.49. The molecule has 0 atom stereocenters. The van der Waals surface area contributed by atoms with Crippen molar-refractivity contribution in [3.05, 3.63) is 81.8 Å². The average Bonchev–Trinajstić information content (AvgIpc) is 2.82. The zero-order valence-corrected chi connectivity index (χ0v) is 16.0. The Bertz CT molecular complexity index is 1100. The Labute approximate surface area is 163 Å². The van der Waals surface area contributed by atoms with Crippen molar-refractivity contribution in [2.45, 2.75) is 6.42 Å². The Kier molecular flexibility index (Phi) is 4.79. The average molecular weight is 374 g/mol. The first kappa shape index (κ1) is 18.1. The zero-order valence-electron chi connectivity index (χ0n) is 16.0. The summed E-state index contributed by atoms with van der Waals surface area (Å²) in [6, 6.07) is 15.7. The number of hydrogen-bond donors (Lipinski definition) is 1. The van der Waals surface area contributed by atoms with Crippen LogP contribution in [-0.2, 0) is 6.42 Å². The fraction of sp³-hybridized carbons (Fsp3) is 0.227. The molecule has 1 aromatic heterocycles. The highest BCUT2D eigenvalue weighted by Crippen LogP contribution is 2.31. The summed E-state index contributed by atoms with van der Waals surface area (Å²) in [6.07, 6.45) is 2.10.